The van der Waals surface area contributed by atoms with Crippen molar-refractivity contribution in [3.63, 3.8) is 0 Å². The highest BCUT2D eigenvalue weighted by atomic mass is 16.6. The van der Waals surface area contributed by atoms with Crippen LogP contribution in [0.1, 0.15) is 74.9 Å². The molecule has 2 rings (SSSR count). The summed E-state index contributed by atoms with van der Waals surface area (Å²) >= 11 is 0. The van der Waals surface area contributed by atoms with Crippen molar-refractivity contribution in [3.05, 3.63) is 64.2 Å². The van der Waals surface area contributed by atoms with Crippen LogP contribution in [0, 0.1) is 44.9 Å². The van der Waals surface area contributed by atoms with Crippen LogP contribution in [0.15, 0.2) is 36.4 Å². The largest absolute Gasteiger partial charge is 0.444 e. The van der Waals surface area contributed by atoms with Gasteiger partial charge in [-0.3, -0.25) is 9.59 Å². The molecule has 0 spiro atoms. The smallest absolute Gasteiger partial charge is 0.408 e. The van der Waals surface area contributed by atoms with Gasteiger partial charge in [-0.1, -0.05) is 62.2 Å². The standard InChI is InChI=1S/C31H42N4O4/c1-10-20(3)26(34-30(38)39-31(7,8)9)29(37)35(17-16-32)27(24-18-19(2)14-15-21(24)4)28(36)33-25-22(5)12-11-13-23(25)6/h11-15,18,20,26-27H,10,17H2,1-9H3,(H,33,36)(H,34,38). The summed E-state index contributed by atoms with van der Waals surface area (Å²) in [6.45, 7) is 16.2. The Kier molecular flexibility index (Phi) is 10.7. The lowest BCUT2D eigenvalue weighted by Crippen LogP contribution is -2.55. The first-order chi connectivity index (χ1) is 18.2. The third-order valence-electron chi connectivity index (χ3n) is 6.69. The van der Waals surface area contributed by atoms with Crippen LogP contribution in [0.25, 0.3) is 0 Å². The molecule has 39 heavy (non-hydrogen) atoms. The predicted molar refractivity (Wildman–Crippen MR) is 153 cm³/mol. The van der Waals surface area contributed by atoms with Gasteiger partial charge in [0.2, 0.25) is 5.91 Å². The fourth-order valence-corrected chi connectivity index (χ4v) is 4.38. The third-order valence-corrected chi connectivity index (χ3v) is 6.69. The lowest BCUT2D eigenvalue weighted by atomic mass is 9.93. The number of nitrogens with one attached hydrogen (secondary N) is 2. The molecule has 0 saturated carbocycles. The molecule has 2 aromatic carbocycles. The monoisotopic (exact) mass is 534 g/mol. The van der Waals surface area contributed by atoms with Crippen molar-refractivity contribution in [2.75, 3.05) is 11.9 Å². The summed E-state index contributed by atoms with van der Waals surface area (Å²) < 4.78 is 5.42. The van der Waals surface area contributed by atoms with Gasteiger partial charge < -0.3 is 20.3 Å². The van der Waals surface area contributed by atoms with E-state index in [9.17, 15) is 19.6 Å². The van der Waals surface area contributed by atoms with Gasteiger partial charge in [-0.2, -0.15) is 5.26 Å². The molecular weight excluding hydrogens is 492 g/mol. The maximum Gasteiger partial charge on any atom is 0.408 e. The molecule has 0 aliphatic carbocycles. The molecule has 210 valence electrons. The number of rotatable bonds is 9. The predicted octanol–water partition coefficient (Wildman–Crippen LogP) is 5.89. The first-order valence-corrected chi connectivity index (χ1v) is 13.3. The van der Waals surface area contributed by atoms with Crippen LogP contribution in [-0.2, 0) is 14.3 Å². The molecule has 0 radical (unpaired) electrons. The molecule has 0 bridgehead atoms. The van der Waals surface area contributed by atoms with E-state index in [1.807, 2.05) is 77.9 Å². The van der Waals surface area contributed by atoms with E-state index < -0.39 is 35.6 Å². The zero-order valence-electron chi connectivity index (χ0n) is 24.6. The average molecular weight is 535 g/mol. The molecule has 8 nitrogen and oxygen atoms in total. The summed E-state index contributed by atoms with van der Waals surface area (Å²) in [5.74, 6) is -1.25. The topological polar surface area (TPSA) is 112 Å². The van der Waals surface area contributed by atoms with Crippen LogP contribution in [0.2, 0.25) is 0 Å². The number of para-hydroxylation sites is 1. The van der Waals surface area contributed by atoms with E-state index in [1.54, 1.807) is 20.8 Å². The molecule has 0 aromatic heterocycles. The lowest BCUT2D eigenvalue weighted by molar-refractivity contribution is -0.141. The zero-order chi connectivity index (χ0) is 29.5. The number of anilines is 1. The molecule has 2 aromatic rings. The van der Waals surface area contributed by atoms with Crippen molar-refractivity contribution in [1.82, 2.24) is 10.2 Å². The van der Waals surface area contributed by atoms with Crippen molar-refractivity contribution in [3.8, 4) is 6.07 Å². The number of aryl methyl sites for hydroxylation is 4. The number of nitrogens with zero attached hydrogens (tertiary/aromatic N) is 2. The Morgan fingerprint density at radius 1 is 1.03 bits per heavy atom. The molecule has 3 unspecified atom stereocenters. The van der Waals surface area contributed by atoms with Gasteiger partial charge in [0.25, 0.3) is 5.91 Å². The fraction of sp³-hybridized carbons (Fsp3) is 0.484. The summed E-state index contributed by atoms with van der Waals surface area (Å²) in [6.07, 6.45) is -0.156. The van der Waals surface area contributed by atoms with E-state index in [-0.39, 0.29) is 12.5 Å². The molecular formula is C31H42N4O4. The molecule has 0 saturated heterocycles. The van der Waals surface area contributed by atoms with Crippen LogP contribution in [-0.4, -0.2) is 41.0 Å². The zero-order valence-corrected chi connectivity index (χ0v) is 24.6. The molecule has 0 aliphatic heterocycles. The first kappa shape index (κ1) is 31.4. The van der Waals surface area contributed by atoms with Crippen molar-refractivity contribution in [2.24, 2.45) is 5.92 Å². The van der Waals surface area contributed by atoms with Crippen molar-refractivity contribution >= 4 is 23.6 Å². The highest BCUT2D eigenvalue weighted by molar-refractivity contribution is 6.00. The summed E-state index contributed by atoms with van der Waals surface area (Å²) in [7, 11) is 0. The SMILES string of the molecule is CCC(C)C(NC(=O)OC(C)(C)C)C(=O)N(CC#N)C(C(=O)Nc1c(C)cccc1C)c1cc(C)ccc1C. The Morgan fingerprint density at radius 2 is 1.64 bits per heavy atom. The number of hydrogen-bond donors (Lipinski definition) is 2. The van der Waals surface area contributed by atoms with Crippen LogP contribution >= 0.6 is 0 Å². The molecule has 2 N–H and O–H groups in total. The Labute approximate surface area is 232 Å². The van der Waals surface area contributed by atoms with Gasteiger partial charge in [0.05, 0.1) is 6.07 Å². The molecule has 8 heteroatoms. The van der Waals surface area contributed by atoms with E-state index in [4.69, 9.17) is 4.74 Å². The van der Waals surface area contributed by atoms with E-state index in [2.05, 4.69) is 16.7 Å². The third kappa shape index (κ3) is 8.31. The van der Waals surface area contributed by atoms with Crippen molar-refractivity contribution in [1.29, 1.82) is 5.26 Å². The number of hydrogen-bond acceptors (Lipinski definition) is 5. The molecule has 3 amide bonds. The second kappa shape index (κ2) is 13.3. The van der Waals surface area contributed by atoms with Crippen molar-refractivity contribution < 1.29 is 19.1 Å². The number of carbonyl (C=O) groups excluding carboxylic acids is 3. The van der Waals surface area contributed by atoms with Gasteiger partial charge in [-0.15, -0.1) is 0 Å². The normalized spacial score (nSPS) is 13.4. The lowest BCUT2D eigenvalue weighted by Gasteiger charge is -2.35. The Morgan fingerprint density at radius 3 is 2.18 bits per heavy atom. The molecule has 3 atom stereocenters. The number of nitriles is 1. The number of benzene rings is 2. The van der Waals surface area contributed by atoms with Crippen LogP contribution in [0.3, 0.4) is 0 Å². The minimum atomic E-state index is -1.11. The number of amides is 3. The van der Waals surface area contributed by atoms with Gasteiger partial charge in [0, 0.05) is 5.69 Å². The van der Waals surface area contributed by atoms with E-state index >= 15 is 0 Å². The van der Waals surface area contributed by atoms with Crippen LogP contribution in [0.4, 0.5) is 10.5 Å². The highest BCUT2D eigenvalue weighted by Crippen LogP contribution is 2.30. The minimum Gasteiger partial charge on any atom is -0.444 e. The van der Waals surface area contributed by atoms with E-state index in [0.29, 0.717) is 17.7 Å². The average Bonchev–Trinajstić information content (AvgIpc) is 2.84. The Hall–Kier alpha value is -3.86. The van der Waals surface area contributed by atoms with Gasteiger partial charge in [0.15, 0.2) is 0 Å². The first-order valence-electron chi connectivity index (χ1n) is 13.3. The number of alkyl carbamates (subject to hydrolysis) is 1. The summed E-state index contributed by atoms with van der Waals surface area (Å²) in [5.41, 5.74) is 3.99. The number of carbonyl (C=O) groups is 3. The molecule has 0 heterocycles. The summed E-state index contributed by atoms with van der Waals surface area (Å²) in [6, 6.07) is 11.3. The maximum atomic E-state index is 14.2. The second-order valence-corrected chi connectivity index (χ2v) is 11.2. The maximum absolute atomic E-state index is 14.2. The fourth-order valence-electron chi connectivity index (χ4n) is 4.38. The Bertz CT molecular complexity index is 1220. The highest BCUT2D eigenvalue weighted by Gasteiger charge is 2.39. The Balaban J connectivity index is 2.63. The quantitative estimate of drug-likeness (QED) is 0.390. The van der Waals surface area contributed by atoms with E-state index in [0.717, 1.165) is 22.3 Å². The number of ether oxygens (including phenoxy) is 1. The summed E-state index contributed by atoms with van der Waals surface area (Å²) in [4.78, 5) is 42.2. The van der Waals surface area contributed by atoms with Gasteiger partial charge in [-0.25, -0.2) is 4.79 Å². The van der Waals surface area contributed by atoms with Gasteiger partial charge in [-0.05, 0) is 76.6 Å². The van der Waals surface area contributed by atoms with Crippen LogP contribution in [0.5, 0.6) is 0 Å². The van der Waals surface area contributed by atoms with Gasteiger partial charge >= 0.3 is 6.09 Å². The summed E-state index contributed by atoms with van der Waals surface area (Å²) in [5, 5.41) is 15.5. The molecule has 0 aliphatic rings. The van der Waals surface area contributed by atoms with Crippen molar-refractivity contribution in [2.45, 2.75) is 86.4 Å². The van der Waals surface area contributed by atoms with E-state index in [1.165, 1.54) is 4.90 Å². The second-order valence-electron chi connectivity index (χ2n) is 11.2. The van der Waals surface area contributed by atoms with Gasteiger partial charge in [0.1, 0.15) is 24.2 Å². The van der Waals surface area contributed by atoms with Crippen LogP contribution < -0.4 is 10.6 Å². The minimum absolute atomic E-state index is 0.285. The molecule has 0 fully saturated rings.